The number of amides is 1. The quantitative estimate of drug-likeness (QED) is 0.416. The summed E-state index contributed by atoms with van der Waals surface area (Å²) in [6.45, 7) is 0.655. The smallest absolute Gasteiger partial charge is 0.243 e. The lowest BCUT2D eigenvalue weighted by molar-refractivity contribution is -0.114. The number of rotatable bonds is 7. The molecule has 0 fully saturated rings. The van der Waals surface area contributed by atoms with E-state index in [4.69, 9.17) is 10.5 Å². The largest absolute Gasteiger partial charge is 0.488 e. The predicted octanol–water partition coefficient (Wildman–Crippen LogP) is 5.08. The van der Waals surface area contributed by atoms with Gasteiger partial charge in [-0.15, -0.1) is 0 Å². The second-order valence-electron chi connectivity index (χ2n) is 7.40. The number of hydrogen-bond acceptors (Lipinski definition) is 4. The van der Waals surface area contributed by atoms with E-state index in [0.29, 0.717) is 23.7 Å². The Bertz CT molecular complexity index is 1180. The van der Waals surface area contributed by atoms with Gasteiger partial charge in [0.05, 0.1) is 17.9 Å². The topological polar surface area (TPSA) is 67.6 Å². The van der Waals surface area contributed by atoms with Crippen LogP contribution in [0.1, 0.15) is 5.56 Å². The van der Waals surface area contributed by atoms with Crippen LogP contribution < -0.4 is 20.7 Å². The molecule has 0 aromatic heterocycles. The van der Waals surface area contributed by atoms with Crippen molar-refractivity contribution in [2.24, 2.45) is 0 Å². The Morgan fingerprint density at radius 2 is 1.52 bits per heavy atom. The van der Waals surface area contributed by atoms with Gasteiger partial charge in [-0.2, -0.15) is 0 Å². The van der Waals surface area contributed by atoms with Gasteiger partial charge in [0, 0.05) is 29.6 Å². The number of anilines is 3. The zero-order valence-corrected chi connectivity index (χ0v) is 17.4. The maximum atomic E-state index is 12.7. The summed E-state index contributed by atoms with van der Waals surface area (Å²) in [6.07, 6.45) is 0. The van der Waals surface area contributed by atoms with Crippen molar-refractivity contribution >= 4 is 33.7 Å². The average molecular weight is 412 g/mol. The third-order valence-electron chi connectivity index (χ3n) is 5.12. The Morgan fingerprint density at radius 1 is 0.903 bits per heavy atom. The minimum Gasteiger partial charge on any atom is -0.488 e. The van der Waals surface area contributed by atoms with Crippen LogP contribution in [0.25, 0.3) is 10.8 Å². The zero-order chi connectivity index (χ0) is 21.6. The molecule has 0 atom stereocenters. The second-order valence-corrected chi connectivity index (χ2v) is 7.40. The number of hydrogen-bond donors (Lipinski definition) is 2. The van der Waals surface area contributed by atoms with Gasteiger partial charge in [0.25, 0.3) is 0 Å². The van der Waals surface area contributed by atoms with E-state index < -0.39 is 0 Å². The highest BCUT2D eigenvalue weighted by Crippen LogP contribution is 2.37. The number of carbonyl (C=O) groups excluding carboxylic acids is 1. The van der Waals surface area contributed by atoms with Gasteiger partial charge in [0.2, 0.25) is 5.91 Å². The van der Waals surface area contributed by atoms with Crippen molar-refractivity contribution in [3.05, 3.63) is 96.6 Å². The first-order valence-corrected chi connectivity index (χ1v) is 10.2. The van der Waals surface area contributed by atoms with E-state index in [-0.39, 0.29) is 12.5 Å². The number of ether oxygens (including phenoxy) is 1. The maximum absolute atomic E-state index is 12.7. The number of benzene rings is 4. The zero-order valence-electron chi connectivity index (χ0n) is 17.4. The molecule has 5 nitrogen and oxygen atoms in total. The van der Waals surface area contributed by atoms with Crippen LogP contribution in [-0.4, -0.2) is 19.5 Å². The van der Waals surface area contributed by atoms with Crippen molar-refractivity contribution in [2.75, 3.05) is 29.5 Å². The summed E-state index contributed by atoms with van der Waals surface area (Å²) in [6, 6.07) is 29.3. The number of nitrogens with one attached hydrogen (secondary N) is 1. The Morgan fingerprint density at radius 3 is 2.23 bits per heavy atom. The third kappa shape index (κ3) is 4.78. The molecule has 0 unspecified atom stereocenters. The minimum absolute atomic E-state index is 0.138. The lowest BCUT2D eigenvalue weighted by atomic mass is 10.1. The number of nitrogens with two attached hydrogens (primary N) is 1. The molecule has 31 heavy (non-hydrogen) atoms. The fraction of sp³-hybridized carbons (Fsp3) is 0.115. The summed E-state index contributed by atoms with van der Waals surface area (Å²) in [5.41, 5.74) is 9.46. The van der Waals surface area contributed by atoms with Crippen LogP contribution in [0.15, 0.2) is 91.0 Å². The van der Waals surface area contributed by atoms with Crippen molar-refractivity contribution < 1.29 is 9.53 Å². The van der Waals surface area contributed by atoms with Gasteiger partial charge in [-0.3, -0.25) is 4.79 Å². The predicted molar refractivity (Wildman–Crippen MR) is 127 cm³/mol. The molecular formula is C26H25N3O2. The number of likely N-dealkylation sites (N-methyl/N-ethyl adjacent to an activating group) is 1. The highest BCUT2D eigenvalue weighted by molar-refractivity contribution is 6.09. The van der Waals surface area contributed by atoms with Gasteiger partial charge < -0.3 is 20.7 Å². The molecule has 0 saturated carbocycles. The fourth-order valence-corrected chi connectivity index (χ4v) is 3.53. The summed E-state index contributed by atoms with van der Waals surface area (Å²) in [5.74, 6) is 0.553. The summed E-state index contributed by atoms with van der Waals surface area (Å²) in [5, 5.41) is 4.74. The van der Waals surface area contributed by atoms with E-state index in [1.807, 2.05) is 96.9 Å². The molecule has 4 rings (SSSR count). The third-order valence-corrected chi connectivity index (χ3v) is 5.12. The van der Waals surface area contributed by atoms with Gasteiger partial charge >= 0.3 is 0 Å². The van der Waals surface area contributed by atoms with Crippen molar-refractivity contribution in [1.29, 1.82) is 0 Å². The molecule has 0 bridgehead atoms. The lowest BCUT2D eigenvalue weighted by Crippen LogP contribution is -2.30. The second kappa shape index (κ2) is 9.22. The molecule has 5 heteroatoms. The number of nitrogens with zero attached hydrogens (tertiary/aromatic N) is 1. The average Bonchev–Trinajstić information content (AvgIpc) is 2.81. The fourth-order valence-electron chi connectivity index (χ4n) is 3.53. The number of carbonyl (C=O) groups is 1. The molecule has 0 radical (unpaired) electrons. The van der Waals surface area contributed by atoms with Gasteiger partial charge in [-0.05, 0) is 17.7 Å². The van der Waals surface area contributed by atoms with Crippen molar-refractivity contribution in [2.45, 2.75) is 6.61 Å². The Balaban J connectivity index is 1.55. The Kier molecular flexibility index (Phi) is 6.03. The van der Waals surface area contributed by atoms with E-state index in [1.165, 1.54) is 0 Å². The Hall–Kier alpha value is -3.99. The van der Waals surface area contributed by atoms with Crippen LogP contribution in [0.5, 0.6) is 5.75 Å². The van der Waals surface area contributed by atoms with Gasteiger partial charge in [-0.25, -0.2) is 0 Å². The monoisotopic (exact) mass is 411 g/mol. The number of nitrogen functional groups attached to an aromatic ring is 1. The summed E-state index contributed by atoms with van der Waals surface area (Å²) in [4.78, 5) is 14.6. The molecule has 1 amide bonds. The molecule has 3 N–H and O–H groups in total. The first-order chi connectivity index (χ1) is 15.1. The highest BCUT2D eigenvalue weighted by Gasteiger charge is 2.15. The van der Waals surface area contributed by atoms with E-state index >= 15 is 0 Å². The Labute approximate surface area is 182 Å². The maximum Gasteiger partial charge on any atom is 0.243 e. The minimum atomic E-state index is -0.138. The van der Waals surface area contributed by atoms with E-state index in [0.717, 1.165) is 22.0 Å². The molecule has 0 saturated heterocycles. The molecule has 156 valence electrons. The SMILES string of the molecule is CN(CC(=O)Nc1c(N)cc(OCc2ccccc2)c2ccccc12)c1ccccc1. The van der Waals surface area contributed by atoms with Crippen LogP contribution >= 0.6 is 0 Å². The first kappa shape index (κ1) is 20.3. The molecule has 4 aromatic rings. The van der Waals surface area contributed by atoms with Gasteiger partial charge in [0.15, 0.2) is 0 Å². The lowest BCUT2D eigenvalue weighted by Gasteiger charge is -2.20. The van der Waals surface area contributed by atoms with Crippen LogP contribution in [-0.2, 0) is 11.4 Å². The van der Waals surface area contributed by atoms with Crippen LogP contribution in [0.4, 0.5) is 17.1 Å². The highest BCUT2D eigenvalue weighted by atomic mass is 16.5. The summed E-state index contributed by atoms with van der Waals surface area (Å²) in [7, 11) is 1.89. The van der Waals surface area contributed by atoms with Crippen molar-refractivity contribution in [1.82, 2.24) is 0 Å². The molecule has 0 spiro atoms. The van der Waals surface area contributed by atoms with Crippen LogP contribution in [0.2, 0.25) is 0 Å². The van der Waals surface area contributed by atoms with E-state index in [1.54, 1.807) is 6.07 Å². The molecule has 0 heterocycles. The molecule has 0 aliphatic rings. The molecule has 0 aliphatic carbocycles. The van der Waals surface area contributed by atoms with Crippen molar-refractivity contribution in [3.8, 4) is 5.75 Å². The first-order valence-electron chi connectivity index (χ1n) is 10.2. The summed E-state index contributed by atoms with van der Waals surface area (Å²) < 4.78 is 6.07. The summed E-state index contributed by atoms with van der Waals surface area (Å²) >= 11 is 0. The van der Waals surface area contributed by atoms with E-state index in [2.05, 4.69) is 5.32 Å². The number of fused-ring (bicyclic) bond motifs is 1. The van der Waals surface area contributed by atoms with Crippen LogP contribution in [0, 0.1) is 0 Å². The molecule has 4 aromatic carbocycles. The van der Waals surface area contributed by atoms with Crippen molar-refractivity contribution in [3.63, 3.8) is 0 Å². The van der Waals surface area contributed by atoms with Gasteiger partial charge in [0.1, 0.15) is 12.4 Å². The number of para-hydroxylation sites is 1. The molecular weight excluding hydrogens is 386 g/mol. The standard InChI is InChI=1S/C26H25N3O2/c1-29(20-12-6-3-7-13-20)17-25(30)28-26-22-15-9-8-14-21(22)24(16-23(26)27)31-18-19-10-4-2-5-11-19/h2-16H,17-18,27H2,1H3,(H,28,30). The van der Waals surface area contributed by atoms with Gasteiger partial charge in [-0.1, -0.05) is 72.8 Å². The van der Waals surface area contributed by atoms with Crippen LogP contribution in [0.3, 0.4) is 0 Å². The normalized spacial score (nSPS) is 10.6. The van der Waals surface area contributed by atoms with E-state index in [9.17, 15) is 4.79 Å². The molecule has 0 aliphatic heterocycles.